The number of anilines is 2. The summed E-state index contributed by atoms with van der Waals surface area (Å²) in [5, 5.41) is 5.39. The van der Waals surface area contributed by atoms with E-state index in [2.05, 4.69) is 190 Å². The maximum absolute atomic E-state index is 2.61. The van der Waals surface area contributed by atoms with E-state index in [0.717, 1.165) is 6.42 Å². The monoisotopic (exact) mass is 679 g/mol. The Hall–Kier alpha value is -5.92. The minimum Gasteiger partial charge on any atom is -0.334 e. The zero-order chi connectivity index (χ0) is 35.4. The van der Waals surface area contributed by atoms with Crippen LogP contribution in [0.1, 0.15) is 45.4 Å². The van der Waals surface area contributed by atoms with Crippen molar-refractivity contribution in [1.29, 1.82) is 0 Å². The fraction of sp³-hybridized carbons (Fsp3) is 0.154. The van der Waals surface area contributed by atoms with Gasteiger partial charge in [-0.05, 0) is 134 Å². The van der Waals surface area contributed by atoms with Gasteiger partial charge in [0.25, 0.3) is 0 Å². The molecule has 11 rings (SSSR count). The Labute approximate surface area is 312 Å². The molecule has 0 aliphatic heterocycles. The molecule has 0 saturated heterocycles. The average Bonchev–Trinajstić information content (AvgIpc) is 3.66. The van der Waals surface area contributed by atoms with E-state index in [-0.39, 0.29) is 12.0 Å². The molecule has 1 heteroatoms. The molecule has 0 radical (unpaired) electrons. The van der Waals surface area contributed by atoms with Gasteiger partial charge in [-0.15, -0.1) is 0 Å². The van der Waals surface area contributed by atoms with E-state index in [4.69, 9.17) is 0 Å². The molecule has 1 spiro atoms. The molecule has 4 aliphatic carbocycles. The maximum Gasteiger partial charge on any atom is 0.0700 e. The Morgan fingerprint density at radius 2 is 1.15 bits per heavy atom. The predicted octanol–water partition coefficient (Wildman–Crippen LogP) is 13.0. The van der Waals surface area contributed by atoms with Crippen LogP contribution in [0, 0.1) is 32.6 Å². The van der Waals surface area contributed by atoms with Crippen LogP contribution in [0.3, 0.4) is 0 Å². The van der Waals surface area contributed by atoms with Crippen LogP contribution in [0.25, 0.3) is 38.2 Å². The van der Waals surface area contributed by atoms with Crippen LogP contribution >= 0.6 is 0 Å². The Balaban J connectivity index is 1.18. The maximum atomic E-state index is 2.61. The molecule has 0 fully saturated rings. The summed E-state index contributed by atoms with van der Waals surface area (Å²) in [7, 11) is 0. The van der Waals surface area contributed by atoms with E-state index in [0.29, 0.717) is 5.92 Å². The molecule has 0 amide bonds. The largest absolute Gasteiger partial charge is 0.334 e. The molecule has 0 saturated carbocycles. The molecule has 3 atom stereocenters. The van der Waals surface area contributed by atoms with Crippen molar-refractivity contribution in [1.82, 2.24) is 0 Å². The first-order valence-corrected chi connectivity index (χ1v) is 19.2. The van der Waals surface area contributed by atoms with Crippen LogP contribution in [-0.4, -0.2) is 6.04 Å². The highest BCUT2D eigenvalue weighted by molar-refractivity contribution is 6.18. The topological polar surface area (TPSA) is 3.24 Å². The van der Waals surface area contributed by atoms with Crippen molar-refractivity contribution in [3.8, 4) is 11.1 Å². The zero-order valence-electron chi connectivity index (χ0n) is 30.5. The van der Waals surface area contributed by atoms with E-state index in [1.54, 1.807) is 5.57 Å². The Morgan fingerprint density at radius 1 is 0.566 bits per heavy atom. The molecule has 53 heavy (non-hydrogen) atoms. The lowest BCUT2D eigenvalue weighted by atomic mass is 9.61. The number of para-hydroxylation sites is 1. The first-order valence-electron chi connectivity index (χ1n) is 19.2. The molecule has 3 unspecified atom stereocenters. The highest BCUT2D eigenvalue weighted by Gasteiger charge is 2.57. The van der Waals surface area contributed by atoms with Crippen molar-refractivity contribution in [3.05, 3.63) is 208 Å². The van der Waals surface area contributed by atoms with Gasteiger partial charge in [-0.25, -0.2) is 0 Å². The van der Waals surface area contributed by atoms with E-state index in [1.807, 2.05) is 0 Å². The molecule has 0 N–H and O–H groups in total. The Bertz CT molecular complexity index is 2710. The van der Waals surface area contributed by atoms with Gasteiger partial charge in [0, 0.05) is 17.3 Å². The molecule has 1 nitrogen and oxygen atoms in total. The number of hydrogen-bond acceptors (Lipinski definition) is 1. The lowest BCUT2D eigenvalue weighted by Gasteiger charge is -2.44. The van der Waals surface area contributed by atoms with Gasteiger partial charge in [0.15, 0.2) is 0 Å². The summed E-state index contributed by atoms with van der Waals surface area (Å²) in [6.07, 6.45) is 11.3. The third kappa shape index (κ3) is 4.14. The fourth-order valence-corrected chi connectivity index (χ4v) is 10.9. The number of nitrogens with zero attached hydrogens (tertiary/aromatic N) is 1. The number of aryl methyl sites for hydroxylation is 3. The van der Waals surface area contributed by atoms with Gasteiger partial charge < -0.3 is 4.90 Å². The first-order chi connectivity index (χ1) is 26.0. The highest BCUT2D eigenvalue weighted by Crippen LogP contribution is 2.67. The van der Waals surface area contributed by atoms with Crippen LogP contribution in [0.2, 0.25) is 0 Å². The summed E-state index contributed by atoms with van der Waals surface area (Å²) >= 11 is 0. The van der Waals surface area contributed by atoms with Crippen molar-refractivity contribution in [2.45, 2.75) is 38.6 Å². The second-order valence-corrected chi connectivity index (χ2v) is 15.7. The third-order valence-corrected chi connectivity index (χ3v) is 12.8. The second-order valence-electron chi connectivity index (χ2n) is 15.7. The van der Waals surface area contributed by atoms with Crippen LogP contribution in [-0.2, 0) is 5.41 Å². The summed E-state index contributed by atoms with van der Waals surface area (Å²) in [4.78, 5) is 2.61. The minimum atomic E-state index is -0.393. The van der Waals surface area contributed by atoms with Crippen LogP contribution in [0.15, 0.2) is 169 Å². The molecule has 0 aromatic heterocycles. The molecule has 7 aromatic carbocycles. The van der Waals surface area contributed by atoms with Crippen LogP contribution in [0.5, 0.6) is 0 Å². The SMILES string of the molecule is Cc1cc(C)cc(N(c2ccccc2C)C2C=CC3C4=C(C=CC3C2)c2c(c3ccccc3c3ccccc23)C42c3ccccc3-c3ccccc32)c1. The van der Waals surface area contributed by atoms with Gasteiger partial charge in [0.05, 0.1) is 11.5 Å². The Morgan fingerprint density at radius 3 is 1.85 bits per heavy atom. The van der Waals surface area contributed by atoms with Gasteiger partial charge in [-0.2, -0.15) is 0 Å². The van der Waals surface area contributed by atoms with E-state index in [9.17, 15) is 0 Å². The molecule has 7 aromatic rings. The lowest BCUT2D eigenvalue weighted by molar-refractivity contribution is 0.421. The molecule has 254 valence electrons. The van der Waals surface area contributed by atoms with Gasteiger partial charge in [0.1, 0.15) is 0 Å². The number of allylic oxidation sites excluding steroid dienone is 5. The predicted molar refractivity (Wildman–Crippen MR) is 223 cm³/mol. The van der Waals surface area contributed by atoms with Crippen LogP contribution < -0.4 is 4.90 Å². The van der Waals surface area contributed by atoms with E-state index in [1.165, 1.54) is 88.6 Å². The molecule has 0 bridgehead atoms. The highest BCUT2D eigenvalue weighted by atomic mass is 15.2. The van der Waals surface area contributed by atoms with Crippen molar-refractivity contribution in [2.24, 2.45) is 11.8 Å². The van der Waals surface area contributed by atoms with E-state index >= 15 is 0 Å². The standard InChI is InChI=1S/C52H41N/c1-32-28-33(2)30-37(29-32)53(48-23-13-4-14-34(48)3)36-25-27-38-35(31-36)24-26-45-49-43-19-7-5-15-39(43)40-16-6-8-20-44(40)51(49)52(50(38)45)46-21-11-9-17-41(46)42-18-10-12-22-47(42)52/h4-30,35-36,38H,31H2,1-3H3. The quantitative estimate of drug-likeness (QED) is 0.133. The molecule has 4 aliphatic rings. The van der Waals surface area contributed by atoms with Crippen molar-refractivity contribution in [2.75, 3.05) is 4.90 Å². The molecular formula is C52H41N. The minimum absolute atomic E-state index is 0.217. The van der Waals surface area contributed by atoms with Gasteiger partial charge in [-0.3, -0.25) is 0 Å². The normalized spacial score (nSPS) is 20.0. The fourth-order valence-electron chi connectivity index (χ4n) is 10.9. The number of fused-ring (bicyclic) bond motifs is 16. The molecule has 0 heterocycles. The summed E-state index contributed by atoms with van der Waals surface area (Å²) in [5.41, 5.74) is 17.5. The van der Waals surface area contributed by atoms with Gasteiger partial charge in [-0.1, -0.05) is 146 Å². The summed E-state index contributed by atoms with van der Waals surface area (Å²) in [6, 6.07) is 53.0. The van der Waals surface area contributed by atoms with Gasteiger partial charge in [0.2, 0.25) is 0 Å². The number of hydrogen-bond donors (Lipinski definition) is 0. The van der Waals surface area contributed by atoms with Crippen molar-refractivity contribution < 1.29 is 0 Å². The van der Waals surface area contributed by atoms with Crippen molar-refractivity contribution >= 4 is 38.5 Å². The Kier molecular flexibility index (Phi) is 6.54. The summed E-state index contributed by atoms with van der Waals surface area (Å²) < 4.78 is 0. The summed E-state index contributed by atoms with van der Waals surface area (Å²) in [6.45, 7) is 6.69. The lowest BCUT2D eigenvalue weighted by Crippen LogP contribution is -2.40. The average molecular weight is 680 g/mol. The first kappa shape index (κ1) is 30.7. The van der Waals surface area contributed by atoms with E-state index < -0.39 is 5.41 Å². The van der Waals surface area contributed by atoms with Crippen LogP contribution in [0.4, 0.5) is 11.4 Å². The number of rotatable bonds is 3. The molecular weight excluding hydrogens is 639 g/mol. The van der Waals surface area contributed by atoms with Gasteiger partial charge >= 0.3 is 0 Å². The van der Waals surface area contributed by atoms with Crippen molar-refractivity contribution in [3.63, 3.8) is 0 Å². The smallest absolute Gasteiger partial charge is 0.0700 e. The number of benzene rings is 7. The second kappa shape index (κ2) is 11.3. The third-order valence-electron chi connectivity index (χ3n) is 12.8. The summed E-state index contributed by atoms with van der Waals surface area (Å²) in [5.74, 6) is 0.609. The zero-order valence-corrected chi connectivity index (χ0v) is 30.5.